The second-order valence-electron chi connectivity index (χ2n) is 6.70. The Hall–Kier alpha value is -2.45. The summed E-state index contributed by atoms with van der Waals surface area (Å²) in [6.07, 6.45) is 3.43. The SMILES string of the molecule is Cc1ccc(S(=O)(=O)N2CCN(C(=O)N(C)Cc3cccnc3)CC2)cc1. The first-order valence-electron chi connectivity index (χ1n) is 8.84. The van der Waals surface area contributed by atoms with Crippen LogP contribution in [0.4, 0.5) is 4.79 Å². The molecule has 1 aromatic heterocycles. The molecule has 1 aliphatic heterocycles. The minimum Gasteiger partial charge on any atom is -0.323 e. The number of hydrogen-bond acceptors (Lipinski definition) is 4. The minimum absolute atomic E-state index is 0.105. The van der Waals surface area contributed by atoms with E-state index in [0.29, 0.717) is 37.6 Å². The van der Waals surface area contributed by atoms with Crippen LogP contribution in [0.2, 0.25) is 0 Å². The van der Waals surface area contributed by atoms with Gasteiger partial charge in [-0.1, -0.05) is 23.8 Å². The number of aromatic nitrogens is 1. The molecule has 2 aromatic rings. The molecule has 0 aliphatic carbocycles. The van der Waals surface area contributed by atoms with Crippen LogP contribution in [0.3, 0.4) is 0 Å². The molecule has 8 heteroatoms. The van der Waals surface area contributed by atoms with Gasteiger partial charge in [0, 0.05) is 52.2 Å². The molecular formula is C19H24N4O3S. The van der Waals surface area contributed by atoms with Crippen molar-refractivity contribution in [1.82, 2.24) is 19.1 Å². The van der Waals surface area contributed by atoms with Gasteiger partial charge in [0.1, 0.15) is 0 Å². The van der Waals surface area contributed by atoms with Crippen LogP contribution < -0.4 is 0 Å². The van der Waals surface area contributed by atoms with Gasteiger partial charge in [0.2, 0.25) is 10.0 Å². The van der Waals surface area contributed by atoms with E-state index >= 15 is 0 Å². The van der Waals surface area contributed by atoms with Gasteiger partial charge in [0.05, 0.1) is 4.90 Å². The van der Waals surface area contributed by atoms with E-state index in [1.54, 1.807) is 53.5 Å². The van der Waals surface area contributed by atoms with Crippen molar-refractivity contribution in [3.63, 3.8) is 0 Å². The van der Waals surface area contributed by atoms with Crippen LogP contribution in [0.25, 0.3) is 0 Å². The van der Waals surface area contributed by atoms with E-state index in [4.69, 9.17) is 0 Å². The van der Waals surface area contributed by atoms with Gasteiger partial charge in [-0.3, -0.25) is 4.98 Å². The summed E-state index contributed by atoms with van der Waals surface area (Å²) in [6, 6.07) is 10.5. The number of carbonyl (C=O) groups is 1. The molecule has 7 nitrogen and oxygen atoms in total. The Labute approximate surface area is 160 Å². The second kappa shape index (κ2) is 8.06. The molecule has 1 saturated heterocycles. The highest BCUT2D eigenvalue weighted by Crippen LogP contribution is 2.18. The van der Waals surface area contributed by atoms with Gasteiger partial charge >= 0.3 is 6.03 Å². The van der Waals surface area contributed by atoms with Gasteiger partial charge < -0.3 is 9.80 Å². The number of nitrogens with zero attached hydrogens (tertiary/aromatic N) is 4. The average Bonchev–Trinajstić information content (AvgIpc) is 2.68. The van der Waals surface area contributed by atoms with Crippen LogP contribution in [0.15, 0.2) is 53.7 Å². The molecule has 1 aliphatic rings. The fourth-order valence-electron chi connectivity index (χ4n) is 3.05. The summed E-state index contributed by atoms with van der Waals surface area (Å²) >= 11 is 0. The van der Waals surface area contributed by atoms with Crippen molar-refractivity contribution in [3.05, 3.63) is 59.9 Å². The first kappa shape index (κ1) is 19.3. The highest BCUT2D eigenvalue weighted by molar-refractivity contribution is 7.89. The average molecular weight is 388 g/mol. The molecule has 2 heterocycles. The predicted octanol–water partition coefficient (Wildman–Crippen LogP) is 1.95. The number of aryl methyl sites for hydroxylation is 1. The van der Waals surface area contributed by atoms with Gasteiger partial charge in [-0.05, 0) is 30.7 Å². The number of pyridine rings is 1. The summed E-state index contributed by atoms with van der Waals surface area (Å²) in [5, 5.41) is 0. The van der Waals surface area contributed by atoms with Crippen LogP contribution >= 0.6 is 0 Å². The number of benzene rings is 1. The maximum absolute atomic E-state index is 12.8. The maximum Gasteiger partial charge on any atom is 0.320 e. The summed E-state index contributed by atoms with van der Waals surface area (Å²) in [5.41, 5.74) is 1.97. The minimum atomic E-state index is -3.52. The lowest BCUT2D eigenvalue weighted by Crippen LogP contribution is -2.53. The van der Waals surface area contributed by atoms with Crippen LogP contribution in [0.5, 0.6) is 0 Å². The highest BCUT2D eigenvalue weighted by atomic mass is 32.2. The van der Waals surface area contributed by atoms with Crippen LogP contribution in [-0.4, -0.2) is 66.8 Å². The normalized spacial score (nSPS) is 15.6. The van der Waals surface area contributed by atoms with E-state index < -0.39 is 10.0 Å². The number of amides is 2. The van der Waals surface area contributed by atoms with Crippen molar-refractivity contribution in [3.8, 4) is 0 Å². The van der Waals surface area contributed by atoms with Gasteiger partial charge in [-0.25, -0.2) is 13.2 Å². The Kier molecular flexibility index (Phi) is 5.76. The molecule has 1 fully saturated rings. The van der Waals surface area contributed by atoms with Gasteiger partial charge in [-0.15, -0.1) is 0 Å². The van der Waals surface area contributed by atoms with Crippen LogP contribution in [-0.2, 0) is 16.6 Å². The van der Waals surface area contributed by atoms with Crippen molar-refractivity contribution < 1.29 is 13.2 Å². The van der Waals surface area contributed by atoms with E-state index in [0.717, 1.165) is 11.1 Å². The smallest absolute Gasteiger partial charge is 0.320 e. The number of urea groups is 1. The van der Waals surface area contributed by atoms with E-state index in [1.807, 2.05) is 19.1 Å². The Balaban J connectivity index is 1.59. The first-order chi connectivity index (χ1) is 12.9. The van der Waals surface area contributed by atoms with E-state index in [9.17, 15) is 13.2 Å². The monoisotopic (exact) mass is 388 g/mol. The van der Waals surface area contributed by atoms with Crippen LogP contribution in [0, 0.1) is 6.92 Å². The Morgan fingerprint density at radius 2 is 1.78 bits per heavy atom. The molecule has 0 unspecified atom stereocenters. The topological polar surface area (TPSA) is 73.8 Å². The van der Waals surface area contributed by atoms with Crippen molar-refractivity contribution in [2.24, 2.45) is 0 Å². The molecule has 144 valence electrons. The summed E-state index contributed by atoms with van der Waals surface area (Å²) < 4.78 is 27.0. The maximum atomic E-state index is 12.8. The lowest BCUT2D eigenvalue weighted by Gasteiger charge is -2.36. The Morgan fingerprint density at radius 3 is 2.37 bits per heavy atom. The third-order valence-electron chi connectivity index (χ3n) is 4.64. The number of hydrogen-bond donors (Lipinski definition) is 0. The van der Waals surface area contributed by atoms with Gasteiger partial charge in [-0.2, -0.15) is 4.31 Å². The zero-order chi connectivity index (χ0) is 19.4. The molecule has 27 heavy (non-hydrogen) atoms. The molecule has 2 amide bonds. The van der Waals surface area contributed by atoms with Gasteiger partial charge in [0.15, 0.2) is 0 Å². The lowest BCUT2D eigenvalue weighted by atomic mass is 10.2. The summed E-state index contributed by atoms with van der Waals surface area (Å²) in [5.74, 6) is 0. The third-order valence-corrected chi connectivity index (χ3v) is 6.55. The molecule has 0 atom stereocenters. The van der Waals surface area contributed by atoms with Crippen molar-refractivity contribution in [2.75, 3.05) is 33.2 Å². The Bertz CT molecular complexity index is 877. The molecular weight excluding hydrogens is 364 g/mol. The first-order valence-corrected chi connectivity index (χ1v) is 10.3. The summed E-state index contributed by atoms with van der Waals surface area (Å²) in [6.45, 7) is 3.73. The summed E-state index contributed by atoms with van der Waals surface area (Å²) in [7, 11) is -1.78. The zero-order valence-electron chi connectivity index (χ0n) is 15.6. The van der Waals surface area contributed by atoms with Gasteiger partial charge in [0.25, 0.3) is 0 Å². The van der Waals surface area contributed by atoms with Crippen molar-refractivity contribution in [2.45, 2.75) is 18.4 Å². The number of rotatable bonds is 4. The number of carbonyl (C=O) groups excluding carboxylic acids is 1. The molecule has 3 rings (SSSR count). The largest absolute Gasteiger partial charge is 0.323 e. The standard InChI is InChI=1S/C19H24N4O3S/c1-16-5-7-18(8-6-16)27(25,26)23-12-10-22(11-13-23)19(24)21(2)15-17-4-3-9-20-14-17/h3-9,14H,10-13,15H2,1-2H3. The zero-order valence-corrected chi connectivity index (χ0v) is 16.4. The van der Waals surface area contributed by atoms with E-state index in [-0.39, 0.29) is 6.03 Å². The molecule has 0 radical (unpaired) electrons. The number of sulfonamides is 1. The number of piperazine rings is 1. The highest BCUT2D eigenvalue weighted by Gasteiger charge is 2.31. The molecule has 1 aromatic carbocycles. The second-order valence-corrected chi connectivity index (χ2v) is 8.64. The van der Waals surface area contributed by atoms with E-state index in [1.165, 1.54) is 4.31 Å². The fraction of sp³-hybridized carbons (Fsp3) is 0.368. The molecule has 0 saturated carbocycles. The summed E-state index contributed by atoms with van der Waals surface area (Å²) in [4.78, 5) is 20.3. The molecule has 0 spiro atoms. The lowest BCUT2D eigenvalue weighted by molar-refractivity contribution is 0.140. The third kappa shape index (κ3) is 4.45. The van der Waals surface area contributed by atoms with Crippen molar-refractivity contribution >= 4 is 16.1 Å². The molecule has 0 bridgehead atoms. The predicted molar refractivity (Wildman–Crippen MR) is 103 cm³/mol. The molecule has 0 N–H and O–H groups in total. The quantitative estimate of drug-likeness (QED) is 0.802. The Morgan fingerprint density at radius 1 is 1.11 bits per heavy atom. The fourth-order valence-corrected chi connectivity index (χ4v) is 4.48. The van der Waals surface area contributed by atoms with Crippen LogP contribution in [0.1, 0.15) is 11.1 Å². The van der Waals surface area contributed by atoms with E-state index in [2.05, 4.69) is 4.98 Å². The van der Waals surface area contributed by atoms with Crippen molar-refractivity contribution in [1.29, 1.82) is 0 Å².